The Morgan fingerprint density at radius 3 is 2.20 bits per heavy atom. The first kappa shape index (κ1) is 19.8. The van der Waals surface area contributed by atoms with Crippen molar-refractivity contribution in [3.8, 4) is 0 Å². The van der Waals surface area contributed by atoms with Gasteiger partial charge in [-0.1, -0.05) is 27.7 Å². The van der Waals surface area contributed by atoms with E-state index in [9.17, 15) is 0 Å². The molecule has 0 aromatic heterocycles. The number of hydrogen-bond donors (Lipinski definition) is 1. The molecule has 0 fully saturated rings. The van der Waals surface area contributed by atoms with E-state index in [0.717, 1.165) is 45.8 Å². The van der Waals surface area contributed by atoms with Gasteiger partial charge < -0.3 is 14.8 Å². The molecule has 0 aliphatic rings. The Morgan fingerprint density at radius 1 is 1.05 bits per heavy atom. The van der Waals surface area contributed by atoms with Gasteiger partial charge in [0, 0.05) is 46.5 Å². The molecule has 0 radical (unpaired) electrons. The van der Waals surface area contributed by atoms with E-state index in [1.54, 1.807) is 14.2 Å². The van der Waals surface area contributed by atoms with Crippen LogP contribution in [0.15, 0.2) is 0 Å². The van der Waals surface area contributed by atoms with Crippen molar-refractivity contribution in [1.29, 1.82) is 0 Å². The van der Waals surface area contributed by atoms with Gasteiger partial charge in [-0.05, 0) is 24.8 Å². The molecular formula is C16H36N2O2. The van der Waals surface area contributed by atoms with Crippen LogP contribution in [0, 0.1) is 5.41 Å². The molecule has 4 heteroatoms. The zero-order chi connectivity index (χ0) is 15.4. The molecule has 0 saturated heterocycles. The van der Waals surface area contributed by atoms with Crippen LogP contribution >= 0.6 is 0 Å². The van der Waals surface area contributed by atoms with E-state index in [1.807, 2.05) is 0 Å². The van der Waals surface area contributed by atoms with Crippen LogP contribution in [0.5, 0.6) is 0 Å². The SMILES string of the molecule is CCCNC(CN(CCCOC)CCOC)C(C)(C)C. The van der Waals surface area contributed by atoms with Gasteiger partial charge in [0.1, 0.15) is 0 Å². The summed E-state index contributed by atoms with van der Waals surface area (Å²) in [6.45, 7) is 15.0. The fourth-order valence-electron chi connectivity index (χ4n) is 2.17. The van der Waals surface area contributed by atoms with Gasteiger partial charge in [-0.2, -0.15) is 0 Å². The summed E-state index contributed by atoms with van der Waals surface area (Å²) in [7, 11) is 3.53. The van der Waals surface area contributed by atoms with Crippen molar-refractivity contribution in [3.63, 3.8) is 0 Å². The van der Waals surface area contributed by atoms with E-state index in [1.165, 1.54) is 6.42 Å². The van der Waals surface area contributed by atoms with Crippen LogP contribution in [0.25, 0.3) is 0 Å². The van der Waals surface area contributed by atoms with Gasteiger partial charge in [0.25, 0.3) is 0 Å². The molecule has 20 heavy (non-hydrogen) atoms. The molecule has 0 saturated carbocycles. The minimum absolute atomic E-state index is 0.266. The molecule has 0 bridgehead atoms. The van der Waals surface area contributed by atoms with Crippen LogP contribution in [-0.4, -0.2) is 64.6 Å². The zero-order valence-corrected chi connectivity index (χ0v) is 14.5. The Hall–Kier alpha value is -0.160. The van der Waals surface area contributed by atoms with E-state index in [0.29, 0.717) is 6.04 Å². The largest absolute Gasteiger partial charge is 0.385 e. The van der Waals surface area contributed by atoms with Crippen molar-refractivity contribution in [1.82, 2.24) is 10.2 Å². The number of nitrogens with one attached hydrogen (secondary N) is 1. The highest BCUT2D eigenvalue weighted by Gasteiger charge is 2.25. The van der Waals surface area contributed by atoms with Gasteiger partial charge in [0.15, 0.2) is 0 Å². The van der Waals surface area contributed by atoms with E-state index in [2.05, 4.69) is 37.9 Å². The normalized spacial score (nSPS) is 13.9. The van der Waals surface area contributed by atoms with Gasteiger partial charge in [0.05, 0.1) is 6.61 Å². The molecule has 0 aromatic rings. The quantitative estimate of drug-likeness (QED) is 0.559. The highest BCUT2D eigenvalue weighted by Crippen LogP contribution is 2.20. The first-order valence-corrected chi connectivity index (χ1v) is 7.89. The van der Waals surface area contributed by atoms with Crippen molar-refractivity contribution in [2.24, 2.45) is 5.41 Å². The maximum Gasteiger partial charge on any atom is 0.0589 e. The predicted molar refractivity (Wildman–Crippen MR) is 86.3 cm³/mol. The molecule has 0 amide bonds. The molecule has 0 aromatic carbocycles. The molecule has 1 atom stereocenters. The van der Waals surface area contributed by atoms with Gasteiger partial charge in [-0.15, -0.1) is 0 Å². The third-order valence-electron chi connectivity index (χ3n) is 3.56. The molecule has 0 spiro atoms. The van der Waals surface area contributed by atoms with Gasteiger partial charge in [0.2, 0.25) is 0 Å². The predicted octanol–water partition coefficient (Wildman–Crippen LogP) is 2.39. The average Bonchev–Trinajstić information content (AvgIpc) is 2.38. The van der Waals surface area contributed by atoms with Crippen molar-refractivity contribution in [2.75, 3.05) is 53.6 Å². The summed E-state index contributed by atoms with van der Waals surface area (Å²) in [6.07, 6.45) is 2.25. The van der Waals surface area contributed by atoms with Crippen molar-refractivity contribution in [2.45, 2.75) is 46.6 Å². The van der Waals surface area contributed by atoms with E-state index >= 15 is 0 Å². The van der Waals surface area contributed by atoms with Crippen LogP contribution in [0.4, 0.5) is 0 Å². The standard InChI is InChI=1S/C16H36N2O2/c1-7-9-17-15(16(2,3)4)14-18(11-13-20-6)10-8-12-19-5/h15,17H,7-14H2,1-6H3. The lowest BCUT2D eigenvalue weighted by molar-refractivity contribution is 0.110. The number of ether oxygens (including phenoxy) is 2. The molecule has 1 unspecified atom stereocenters. The van der Waals surface area contributed by atoms with E-state index < -0.39 is 0 Å². The summed E-state index contributed by atoms with van der Waals surface area (Å²) >= 11 is 0. The van der Waals surface area contributed by atoms with Crippen molar-refractivity contribution in [3.05, 3.63) is 0 Å². The third kappa shape index (κ3) is 9.70. The molecule has 122 valence electrons. The highest BCUT2D eigenvalue weighted by molar-refractivity contribution is 4.83. The Kier molecular flexibility index (Phi) is 11.4. The molecule has 0 rings (SSSR count). The molecule has 4 nitrogen and oxygen atoms in total. The van der Waals surface area contributed by atoms with Crippen molar-refractivity contribution < 1.29 is 9.47 Å². The summed E-state index contributed by atoms with van der Waals surface area (Å²) in [4.78, 5) is 2.49. The second-order valence-electron chi connectivity index (χ2n) is 6.51. The second-order valence-corrected chi connectivity index (χ2v) is 6.51. The fraction of sp³-hybridized carbons (Fsp3) is 1.00. The smallest absolute Gasteiger partial charge is 0.0589 e. The maximum atomic E-state index is 5.23. The molecule has 0 aliphatic carbocycles. The van der Waals surface area contributed by atoms with E-state index in [4.69, 9.17) is 9.47 Å². The fourth-order valence-corrected chi connectivity index (χ4v) is 2.17. The maximum absolute atomic E-state index is 5.23. The van der Waals surface area contributed by atoms with Crippen LogP contribution in [0.2, 0.25) is 0 Å². The number of hydrogen-bond acceptors (Lipinski definition) is 4. The van der Waals surface area contributed by atoms with E-state index in [-0.39, 0.29) is 5.41 Å². The molecule has 1 N–H and O–H groups in total. The summed E-state index contributed by atoms with van der Waals surface area (Å²) in [5.74, 6) is 0. The number of nitrogens with zero attached hydrogens (tertiary/aromatic N) is 1. The average molecular weight is 288 g/mol. The highest BCUT2D eigenvalue weighted by atomic mass is 16.5. The lowest BCUT2D eigenvalue weighted by Gasteiger charge is -2.36. The van der Waals surface area contributed by atoms with Crippen LogP contribution in [0.3, 0.4) is 0 Å². The first-order chi connectivity index (χ1) is 9.45. The topological polar surface area (TPSA) is 33.7 Å². The number of methoxy groups -OCH3 is 2. The Bertz CT molecular complexity index is 217. The van der Waals surface area contributed by atoms with Gasteiger partial charge >= 0.3 is 0 Å². The minimum atomic E-state index is 0.266. The first-order valence-electron chi connectivity index (χ1n) is 7.89. The third-order valence-corrected chi connectivity index (χ3v) is 3.56. The Labute approximate surface area is 126 Å². The van der Waals surface area contributed by atoms with Crippen LogP contribution in [0.1, 0.15) is 40.5 Å². The molecule has 0 heterocycles. The summed E-state index contributed by atoms with van der Waals surface area (Å²) in [6, 6.07) is 0.502. The van der Waals surface area contributed by atoms with Crippen LogP contribution in [-0.2, 0) is 9.47 Å². The van der Waals surface area contributed by atoms with Crippen molar-refractivity contribution >= 4 is 0 Å². The lowest BCUT2D eigenvalue weighted by Crippen LogP contribution is -2.49. The monoisotopic (exact) mass is 288 g/mol. The molecular weight excluding hydrogens is 252 g/mol. The second kappa shape index (κ2) is 11.5. The molecule has 0 aliphatic heterocycles. The Morgan fingerprint density at radius 2 is 1.70 bits per heavy atom. The van der Waals surface area contributed by atoms with Gasteiger partial charge in [-0.25, -0.2) is 0 Å². The summed E-state index contributed by atoms with van der Waals surface area (Å²) in [5.41, 5.74) is 0.266. The lowest BCUT2D eigenvalue weighted by atomic mass is 9.86. The minimum Gasteiger partial charge on any atom is -0.385 e. The Balaban J connectivity index is 4.43. The zero-order valence-electron chi connectivity index (χ0n) is 14.5. The van der Waals surface area contributed by atoms with Crippen LogP contribution < -0.4 is 5.32 Å². The summed E-state index contributed by atoms with van der Waals surface area (Å²) < 4.78 is 10.4. The van der Waals surface area contributed by atoms with Gasteiger partial charge in [-0.3, -0.25) is 4.90 Å². The number of rotatable bonds is 12. The summed E-state index contributed by atoms with van der Waals surface area (Å²) in [5, 5.41) is 3.69.